The first-order valence-corrected chi connectivity index (χ1v) is 9.60. The molecule has 2 aromatic rings. The van der Waals surface area contributed by atoms with Crippen LogP contribution >= 0.6 is 0 Å². The third kappa shape index (κ3) is 7.18. The van der Waals surface area contributed by atoms with E-state index in [1.54, 1.807) is 19.1 Å². The number of halogens is 2. The highest BCUT2D eigenvalue weighted by molar-refractivity contribution is 5.87. The van der Waals surface area contributed by atoms with E-state index in [0.717, 1.165) is 12.8 Å². The van der Waals surface area contributed by atoms with Gasteiger partial charge in [-0.05, 0) is 55.3 Å². The summed E-state index contributed by atoms with van der Waals surface area (Å²) in [5, 5.41) is 2.82. The average Bonchev–Trinajstić information content (AvgIpc) is 2.72. The predicted molar refractivity (Wildman–Crippen MR) is 106 cm³/mol. The van der Waals surface area contributed by atoms with E-state index >= 15 is 0 Å². The molecule has 0 radical (unpaired) electrons. The molecule has 0 spiro atoms. The van der Waals surface area contributed by atoms with Crippen LogP contribution in [0.3, 0.4) is 0 Å². The quantitative estimate of drug-likeness (QED) is 0.615. The molecule has 0 aliphatic rings. The van der Waals surface area contributed by atoms with Gasteiger partial charge in [0.1, 0.15) is 23.4 Å². The second-order valence-corrected chi connectivity index (χ2v) is 6.71. The van der Waals surface area contributed by atoms with Gasteiger partial charge in [-0.3, -0.25) is 9.59 Å². The number of ether oxygens (including phenoxy) is 1. The molecule has 0 aromatic heterocycles. The van der Waals surface area contributed by atoms with Crippen LogP contribution in [0.25, 0.3) is 0 Å². The average molecular weight is 404 g/mol. The van der Waals surface area contributed by atoms with Crippen molar-refractivity contribution in [3.63, 3.8) is 0 Å². The van der Waals surface area contributed by atoms with Crippen molar-refractivity contribution < 1.29 is 23.1 Å². The zero-order valence-corrected chi connectivity index (χ0v) is 16.7. The molecule has 1 unspecified atom stereocenters. The van der Waals surface area contributed by atoms with E-state index in [1.165, 1.54) is 41.3 Å². The summed E-state index contributed by atoms with van der Waals surface area (Å²) in [4.78, 5) is 26.7. The van der Waals surface area contributed by atoms with E-state index in [0.29, 0.717) is 17.9 Å². The van der Waals surface area contributed by atoms with Gasteiger partial charge in [0, 0.05) is 13.1 Å². The molecule has 0 saturated heterocycles. The minimum absolute atomic E-state index is 0.133. The molecule has 7 heteroatoms. The molecule has 0 bridgehead atoms. The van der Waals surface area contributed by atoms with Gasteiger partial charge in [-0.1, -0.05) is 25.5 Å². The molecule has 0 heterocycles. The zero-order valence-electron chi connectivity index (χ0n) is 16.7. The molecule has 0 aliphatic heterocycles. The van der Waals surface area contributed by atoms with Crippen LogP contribution < -0.4 is 10.1 Å². The molecule has 5 nitrogen and oxygen atoms in total. The summed E-state index contributed by atoms with van der Waals surface area (Å²) in [7, 11) is 0. The molecule has 1 atom stereocenters. The van der Waals surface area contributed by atoms with Crippen LogP contribution in [0.4, 0.5) is 8.78 Å². The highest BCUT2D eigenvalue weighted by atomic mass is 19.1. The second-order valence-electron chi connectivity index (χ2n) is 6.71. The van der Waals surface area contributed by atoms with Crippen LogP contribution in [0.5, 0.6) is 5.75 Å². The number of rotatable bonds is 10. The van der Waals surface area contributed by atoms with Crippen molar-refractivity contribution in [3.05, 3.63) is 65.7 Å². The van der Waals surface area contributed by atoms with Gasteiger partial charge < -0.3 is 15.0 Å². The molecule has 29 heavy (non-hydrogen) atoms. The molecule has 2 amide bonds. The Kier molecular flexibility index (Phi) is 8.58. The van der Waals surface area contributed by atoms with E-state index in [1.807, 2.05) is 6.92 Å². The first-order valence-electron chi connectivity index (χ1n) is 9.60. The molecular weight excluding hydrogens is 378 g/mol. The van der Waals surface area contributed by atoms with Crippen LogP contribution in [0.2, 0.25) is 0 Å². The van der Waals surface area contributed by atoms with Gasteiger partial charge in [0.2, 0.25) is 5.91 Å². The standard InChI is InChI=1S/C22H26F2N2O3/c1-3-4-13-25-22(28)16(2)26(14-17-5-7-18(23)8-6-17)21(27)15-29-20-11-9-19(24)10-12-20/h5-12,16H,3-4,13-15H2,1-2H3,(H,25,28). The molecule has 1 N–H and O–H groups in total. The number of nitrogens with one attached hydrogen (secondary N) is 1. The van der Waals surface area contributed by atoms with Crippen molar-refractivity contribution in [2.75, 3.05) is 13.2 Å². The molecule has 0 aliphatic carbocycles. The first-order chi connectivity index (χ1) is 13.9. The SMILES string of the molecule is CCCCNC(=O)C(C)N(Cc1ccc(F)cc1)C(=O)COc1ccc(F)cc1. The maximum Gasteiger partial charge on any atom is 0.261 e. The van der Waals surface area contributed by atoms with E-state index in [4.69, 9.17) is 4.74 Å². The molecular formula is C22H26F2N2O3. The van der Waals surface area contributed by atoms with Crippen molar-refractivity contribution in [2.45, 2.75) is 39.3 Å². The molecule has 2 rings (SSSR count). The molecule has 0 fully saturated rings. The van der Waals surface area contributed by atoms with Gasteiger partial charge in [0.05, 0.1) is 0 Å². The lowest BCUT2D eigenvalue weighted by Gasteiger charge is -2.28. The van der Waals surface area contributed by atoms with E-state index in [-0.39, 0.29) is 24.9 Å². The highest BCUT2D eigenvalue weighted by Crippen LogP contribution is 2.14. The minimum Gasteiger partial charge on any atom is -0.484 e. The Morgan fingerprint density at radius 1 is 1.03 bits per heavy atom. The van der Waals surface area contributed by atoms with E-state index in [2.05, 4.69) is 5.32 Å². The number of unbranched alkanes of at least 4 members (excludes halogenated alkanes) is 1. The third-order valence-electron chi connectivity index (χ3n) is 4.44. The van der Waals surface area contributed by atoms with Crippen LogP contribution in [-0.4, -0.2) is 35.9 Å². The fourth-order valence-electron chi connectivity index (χ4n) is 2.66. The minimum atomic E-state index is -0.735. The van der Waals surface area contributed by atoms with Gasteiger partial charge >= 0.3 is 0 Å². The summed E-state index contributed by atoms with van der Waals surface area (Å²) in [5.41, 5.74) is 0.690. The van der Waals surface area contributed by atoms with Gasteiger partial charge in [-0.25, -0.2) is 8.78 Å². The maximum atomic E-state index is 13.2. The Morgan fingerprint density at radius 3 is 2.21 bits per heavy atom. The third-order valence-corrected chi connectivity index (χ3v) is 4.44. The smallest absolute Gasteiger partial charge is 0.261 e. The Hall–Kier alpha value is -2.96. The summed E-state index contributed by atoms with van der Waals surface area (Å²) in [6.45, 7) is 4.02. The lowest BCUT2D eigenvalue weighted by Crippen LogP contribution is -2.49. The summed E-state index contributed by atoms with van der Waals surface area (Å²) >= 11 is 0. The summed E-state index contributed by atoms with van der Waals surface area (Å²) in [6, 6.07) is 10.3. The molecule has 0 saturated carbocycles. The number of nitrogens with zero attached hydrogens (tertiary/aromatic N) is 1. The van der Waals surface area contributed by atoms with Crippen LogP contribution in [0.15, 0.2) is 48.5 Å². The fraction of sp³-hybridized carbons (Fsp3) is 0.364. The van der Waals surface area contributed by atoms with Gasteiger partial charge in [0.15, 0.2) is 6.61 Å². The van der Waals surface area contributed by atoms with Crippen molar-refractivity contribution in [2.24, 2.45) is 0 Å². The lowest BCUT2D eigenvalue weighted by molar-refractivity contribution is -0.142. The highest BCUT2D eigenvalue weighted by Gasteiger charge is 2.26. The number of hydrogen-bond donors (Lipinski definition) is 1. The number of benzene rings is 2. The summed E-state index contributed by atoms with van der Waals surface area (Å²) in [5.74, 6) is -1.11. The Bertz CT molecular complexity index is 795. The zero-order chi connectivity index (χ0) is 21.2. The topological polar surface area (TPSA) is 58.6 Å². The van der Waals surface area contributed by atoms with Crippen molar-refractivity contribution in [1.29, 1.82) is 0 Å². The Balaban J connectivity index is 2.08. The van der Waals surface area contributed by atoms with Gasteiger partial charge in [-0.2, -0.15) is 0 Å². The summed E-state index contributed by atoms with van der Waals surface area (Å²) in [6.07, 6.45) is 1.79. The van der Waals surface area contributed by atoms with Crippen LogP contribution in [-0.2, 0) is 16.1 Å². The van der Waals surface area contributed by atoms with E-state index < -0.39 is 17.8 Å². The lowest BCUT2D eigenvalue weighted by atomic mass is 10.1. The van der Waals surface area contributed by atoms with Crippen molar-refractivity contribution in [3.8, 4) is 5.75 Å². The number of carbonyl (C=O) groups is 2. The van der Waals surface area contributed by atoms with Crippen LogP contribution in [0, 0.1) is 11.6 Å². The first kappa shape index (κ1) is 22.3. The fourth-order valence-corrected chi connectivity index (χ4v) is 2.66. The van der Waals surface area contributed by atoms with Gasteiger partial charge in [0.25, 0.3) is 5.91 Å². The monoisotopic (exact) mass is 404 g/mol. The largest absolute Gasteiger partial charge is 0.484 e. The Morgan fingerprint density at radius 2 is 1.62 bits per heavy atom. The predicted octanol–water partition coefficient (Wildman–Crippen LogP) is 3.68. The second kappa shape index (κ2) is 11.1. The van der Waals surface area contributed by atoms with E-state index in [9.17, 15) is 18.4 Å². The maximum absolute atomic E-state index is 13.2. The number of amides is 2. The number of carbonyl (C=O) groups excluding carboxylic acids is 2. The number of hydrogen-bond acceptors (Lipinski definition) is 3. The summed E-state index contributed by atoms with van der Waals surface area (Å²) < 4.78 is 31.6. The van der Waals surface area contributed by atoms with Crippen LogP contribution in [0.1, 0.15) is 32.3 Å². The Labute approximate surface area is 169 Å². The van der Waals surface area contributed by atoms with Gasteiger partial charge in [-0.15, -0.1) is 0 Å². The van der Waals surface area contributed by atoms with Crippen molar-refractivity contribution >= 4 is 11.8 Å². The molecule has 2 aromatic carbocycles. The normalized spacial score (nSPS) is 11.6. The van der Waals surface area contributed by atoms with Crippen molar-refractivity contribution in [1.82, 2.24) is 10.2 Å². The molecule has 156 valence electrons.